The highest BCUT2D eigenvalue weighted by atomic mass is 32.1. The zero-order chi connectivity index (χ0) is 32.2. The summed E-state index contributed by atoms with van der Waals surface area (Å²) < 4.78 is 19.3. The Morgan fingerprint density at radius 2 is 1.63 bits per heavy atom. The van der Waals surface area contributed by atoms with Gasteiger partial charge in [0, 0.05) is 16.6 Å². The number of hydrogen-bond donors (Lipinski definition) is 1. The molecule has 4 aromatic carbocycles. The second-order valence-electron chi connectivity index (χ2n) is 10.4. The van der Waals surface area contributed by atoms with Crippen LogP contribution in [-0.4, -0.2) is 47.0 Å². The zero-order valence-electron chi connectivity index (χ0n) is 24.6. The van der Waals surface area contributed by atoms with Crippen LogP contribution in [0.1, 0.15) is 27.0 Å². The number of ketones is 1. The van der Waals surface area contributed by atoms with Crippen molar-refractivity contribution < 1.29 is 28.3 Å². The van der Waals surface area contributed by atoms with Crippen molar-refractivity contribution >= 4 is 46.2 Å². The van der Waals surface area contributed by atoms with E-state index in [9.17, 15) is 23.6 Å². The maximum Gasteiger partial charge on any atom is 0.299 e. The number of ether oxygens (including phenoxy) is 1. The van der Waals surface area contributed by atoms with Gasteiger partial charge in [-0.25, -0.2) is 9.37 Å². The van der Waals surface area contributed by atoms with E-state index in [4.69, 9.17) is 9.72 Å². The fourth-order valence-corrected chi connectivity index (χ4v) is 6.03. The highest BCUT2D eigenvalue weighted by Gasteiger charge is 2.39. The summed E-state index contributed by atoms with van der Waals surface area (Å²) >= 11 is 1.31. The standard InChI is InChI=1S/C35H27FN4O5S/c1-45-26-17-15-25(16-18-26)37-34(43)32(23-11-13-24(36)14-12-23)40(19-30-38-28(21-46-30)22-7-3-2-4-8-22)31(41)20-39-29-10-6-5-9-27(29)33(42)35(39)44/h2-18,21,32H,19-20H2,1H3,(H,37,43)/t32-/m0/s1. The summed E-state index contributed by atoms with van der Waals surface area (Å²) in [4.78, 5) is 61.2. The van der Waals surface area contributed by atoms with Gasteiger partial charge in [-0.3, -0.25) is 24.1 Å². The molecule has 0 radical (unpaired) electrons. The number of halogens is 1. The summed E-state index contributed by atoms with van der Waals surface area (Å²) in [7, 11) is 1.53. The Bertz CT molecular complexity index is 1910. The lowest BCUT2D eigenvalue weighted by Gasteiger charge is -2.32. The van der Waals surface area contributed by atoms with Crippen LogP contribution in [0.5, 0.6) is 5.75 Å². The maximum absolute atomic E-state index is 14.3. The number of nitrogens with zero attached hydrogens (tertiary/aromatic N) is 3. The van der Waals surface area contributed by atoms with Crippen molar-refractivity contribution in [2.45, 2.75) is 12.6 Å². The van der Waals surface area contributed by atoms with E-state index in [2.05, 4.69) is 5.32 Å². The maximum atomic E-state index is 14.3. The van der Waals surface area contributed by atoms with Crippen LogP contribution in [0.4, 0.5) is 15.8 Å². The normalized spacial score (nSPS) is 12.9. The molecule has 3 amide bonds. The Kier molecular flexibility index (Phi) is 8.66. The van der Waals surface area contributed by atoms with Gasteiger partial charge in [0.15, 0.2) is 0 Å². The molecule has 0 unspecified atom stereocenters. The molecule has 1 aliphatic rings. The second-order valence-corrected chi connectivity index (χ2v) is 11.4. The Balaban J connectivity index is 1.39. The molecule has 11 heteroatoms. The van der Waals surface area contributed by atoms with Crippen LogP contribution >= 0.6 is 11.3 Å². The van der Waals surface area contributed by atoms with Crippen LogP contribution in [0.3, 0.4) is 0 Å². The van der Waals surface area contributed by atoms with E-state index in [1.807, 2.05) is 35.7 Å². The van der Waals surface area contributed by atoms with E-state index in [1.54, 1.807) is 42.5 Å². The average molecular weight is 635 g/mol. The predicted molar refractivity (Wildman–Crippen MR) is 172 cm³/mol. The van der Waals surface area contributed by atoms with Crippen molar-refractivity contribution in [3.05, 3.63) is 130 Å². The van der Waals surface area contributed by atoms with Crippen LogP contribution in [0, 0.1) is 5.82 Å². The second kappa shape index (κ2) is 13.1. The first-order valence-corrected chi connectivity index (χ1v) is 15.1. The van der Waals surface area contributed by atoms with Gasteiger partial charge in [-0.1, -0.05) is 54.6 Å². The first-order valence-electron chi connectivity index (χ1n) is 14.3. The summed E-state index contributed by atoms with van der Waals surface area (Å²) in [6.07, 6.45) is 0. The molecule has 0 aliphatic carbocycles. The van der Waals surface area contributed by atoms with Crippen LogP contribution in [-0.2, 0) is 20.9 Å². The lowest BCUT2D eigenvalue weighted by Crippen LogP contribution is -2.46. The molecule has 6 rings (SSSR count). The molecular formula is C35H27FN4O5S. The smallest absolute Gasteiger partial charge is 0.299 e. The van der Waals surface area contributed by atoms with Crippen molar-refractivity contribution in [1.29, 1.82) is 0 Å². The molecule has 2 heterocycles. The van der Waals surface area contributed by atoms with E-state index in [-0.39, 0.29) is 12.1 Å². The number of nitrogens with one attached hydrogen (secondary N) is 1. The first kappa shape index (κ1) is 30.4. The number of fused-ring (bicyclic) bond motifs is 1. The van der Waals surface area contributed by atoms with Crippen molar-refractivity contribution in [3.8, 4) is 17.0 Å². The number of anilines is 2. The molecule has 1 atom stereocenters. The number of methoxy groups -OCH3 is 1. The molecule has 0 saturated carbocycles. The number of rotatable bonds is 10. The van der Waals surface area contributed by atoms with Crippen molar-refractivity contribution in [3.63, 3.8) is 0 Å². The number of para-hydroxylation sites is 1. The Morgan fingerprint density at radius 1 is 0.935 bits per heavy atom. The molecule has 9 nitrogen and oxygen atoms in total. The summed E-state index contributed by atoms with van der Waals surface area (Å²) in [6.45, 7) is -0.613. The lowest BCUT2D eigenvalue weighted by molar-refractivity contribution is -0.139. The third kappa shape index (κ3) is 6.26. The summed E-state index contributed by atoms with van der Waals surface area (Å²) in [5.41, 5.74) is 2.88. The molecule has 0 spiro atoms. The predicted octanol–water partition coefficient (Wildman–Crippen LogP) is 5.90. The highest BCUT2D eigenvalue weighted by molar-refractivity contribution is 7.09. The number of Topliss-reactive ketones (excluding diaryl/α,β-unsaturated/α-hetero) is 1. The number of carbonyl (C=O) groups excluding carboxylic acids is 4. The van der Waals surface area contributed by atoms with E-state index >= 15 is 0 Å². The van der Waals surface area contributed by atoms with Crippen molar-refractivity contribution in [2.24, 2.45) is 0 Å². The Hall–Kier alpha value is -5.68. The lowest BCUT2D eigenvalue weighted by atomic mass is 10.0. The third-order valence-corrected chi connectivity index (χ3v) is 8.36. The average Bonchev–Trinajstić information content (AvgIpc) is 3.65. The van der Waals surface area contributed by atoms with Gasteiger partial charge in [0.05, 0.1) is 30.6 Å². The summed E-state index contributed by atoms with van der Waals surface area (Å²) in [6, 6.07) is 26.7. The monoisotopic (exact) mass is 634 g/mol. The van der Waals surface area contributed by atoms with Crippen LogP contribution in [0.2, 0.25) is 0 Å². The summed E-state index contributed by atoms with van der Waals surface area (Å²) in [5.74, 6) is -2.66. The number of hydrogen-bond acceptors (Lipinski definition) is 7. The van der Waals surface area contributed by atoms with Gasteiger partial charge in [0.1, 0.15) is 29.2 Å². The van der Waals surface area contributed by atoms with Crippen molar-refractivity contribution in [1.82, 2.24) is 9.88 Å². The quantitative estimate of drug-likeness (QED) is 0.192. The zero-order valence-corrected chi connectivity index (χ0v) is 25.4. The highest BCUT2D eigenvalue weighted by Crippen LogP contribution is 2.32. The molecule has 0 bridgehead atoms. The molecular weight excluding hydrogens is 607 g/mol. The number of aromatic nitrogens is 1. The van der Waals surface area contributed by atoms with Gasteiger partial charge < -0.3 is 15.0 Å². The fourth-order valence-electron chi connectivity index (χ4n) is 5.23. The fraction of sp³-hybridized carbons (Fsp3) is 0.114. The minimum Gasteiger partial charge on any atom is -0.497 e. The topological polar surface area (TPSA) is 109 Å². The Labute approximate surface area is 267 Å². The molecule has 0 fully saturated rings. The van der Waals surface area contributed by atoms with Gasteiger partial charge in [0.2, 0.25) is 5.91 Å². The van der Waals surface area contributed by atoms with Crippen LogP contribution < -0.4 is 15.0 Å². The number of benzene rings is 4. The third-order valence-electron chi connectivity index (χ3n) is 7.52. The van der Waals surface area contributed by atoms with Crippen LogP contribution in [0.15, 0.2) is 109 Å². The van der Waals surface area contributed by atoms with E-state index in [1.165, 1.54) is 53.7 Å². The number of carbonyl (C=O) groups is 4. The van der Waals surface area contributed by atoms with E-state index < -0.39 is 41.9 Å². The molecule has 1 N–H and O–H groups in total. The first-order chi connectivity index (χ1) is 22.3. The number of amides is 3. The van der Waals surface area contributed by atoms with Gasteiger partial charge in [0.25, 0.3) is 17.6 Å². The summed E-state index contributed by atoms with van der Waals surface area (Å²) in [5, 5.41) is 5.24. The molecule has 5 aromatic rings. The van der Waals surface area contributed by atoms with Gasteiger partial charge in [-0.05, 0) is 54.1 Å². The van der Waals surface area contributed by atoms with Gasteiger partial charge in [-0.15, -0.1) is 11.3 Å². The molecule has 1 aromatic heterocycles. The van der Waals surface area contributed by atoms with Gasteiger partial charge >= 0.3 is 0 Å². The van der Waals surface area contributed by atoms with Crippen LogP contribution in [0.25, 0.3) is 11.3 Å². The molecule has 46 heavy (non-hydrogen) atoms. The number of thiazole rings is 1. The minimum absolute atomic E-state index is 0.105. The SMILES string of the molecule is COc1ccc(NC(=O)[C@H](c2ccc(F)cc2)N(Cc2nc(-c3ccccc3)cs2)C(=O)CN2C(=O)C(=O)c3ccccc32)cc1. The molecule has 0 saturated heterocycles. The van der Waals surface area contributed by atoms with Crippen molar-refractivity contribution in [2.75, 3.05) is 23.9 Å². The largest absolute Gasteiger partial charge is 0.497 e. The van der Waals surface area contributed by atoms with E-state index in [0.717, 1.165) is 10.5 Å². The Morgan fingerprint density at radius 3 is 2.35 bits per heavy atom. The van der Waals surface area contributed by atoms with Gasteiger partial charge in [-0.2, -0.15) is 0 Å². The molecule has 230 valence electrons. The molecule has 1 aliphatic heterocycles. The minimum atomic E-state index is -1.26. The van der Waals surface area contributed by atoms with E-state index in [0.29, 0.717) is 33.4 Å².